The van der Waals surface area contributed by atoms with Gasteiger partial charge in [-0.05, 0) is 55.8 Å². The maximum Gasteiger partial charge on any atom is 0.150 e. The first-order valence-corrected chi connectivity index (χ1v) is 5.96. The Labute approximate surface area is 107 Å². The van der Waals surface area contributed by atoms with E-state index in [0.29, 0.717) is 18.0 Å². The van der Waals surface area contributed by atoms with Crippen LogP contribution in [0.1, 0.15) is 12.5 Å². The number of rotatable bonds is 4. The Kier molecular flexibility index (Phi) is 3.72. The second-order valence-electron chi connectivity index (χ2n) is 4.05. The van der Waals surface area contributed by atoms with Crippen LogP contribution in [0.25, 0.3) is 0 Å². The van der Waals surface area contributed by atoms with Crippen LogP contribution >= 0.6 is 0 Å². The van der Waals surface area contributed by atoms with Crippen molar-refractivity contribution in [3.05, 3.63) is 48.0 Å². The maximum absolute atomic E-state index is 5.87. The predicted molar refractivity (Wildman–Crippen MR) is 73.3 cm³/mol. The molecule has 0 aliphatic rings. The first-order chi connectivity index (χ1) is 8.69. The Morgan fingerprint density at radius 2 is 1.67 bits per heavy atom. The normalized spacial score (nSPS) is 10.1. The molecule has 0 atom stereocenters. The molecule has 0 aliphatic heterocycles. The van der Waals surface area contributed by atoms with Gasteiger partial charge in [-0.2, -0.15) is 0 Å². The lowest BCUT2D eigenvalue weighted by molar-refractivity contribution is 0.339. The van der Waals surface area contributed by atoms with Crippen molar-refractivity contribution in [1.29, 1.82) is 0 Å². The smallest absolute Gasteiger partial charge is 0.150 e. The van der Waals surface area contributed by atoms with Crippen LogP contribution in [0.5, 0.6) is 17.2 Å². The van der Waals surface area contributed by atoms with Gasteiger partial charge in [0.25, 0.3) is 0 Å². The molecule has 0 radical (unpaired) electrons. The van der Waals surface area contributed by atoms with Crippen LogP contribution in [0.3, 0.4) is 0 Å². The van der Waals surface area contributed by atoms with Crippen LogP contribution in [0.4, 0.5) is 5.69 Å². The predicted octanol–water partition coefficient (Wildman–Crippen LogP) is 3.77. The second-order valence-corrected chi connectivity index (χ2v) is 4.05. The fourth-order valence-corrected chi connectivity index (χ4v) is 1.63. The molecule has 0 saturated heterocycles. The van der Waals surface area contributed by atoms with Crippen molar-refractivity contribution in [3.63, 3.8) is 0 Å². The van der Waals surface area contributed by atoms with E-state index in [1.807, 2.05) is 56.3 Å². The van der Waals surface area contributed by atoms with Gasteiger partial charge in [-0.15, -0.1) is 0 Å². The van der Waals surface area contributed by atoms with Gasteiger partial charge in [0.15, 0.2) is 5.75 Å². The van der Waals surface area contributed by atoms with Gasteiger partial charge < -0.3 is 15.2 Å². The second kappa shape index (κ2) is 5.45. The third-order valence-electron chi connectivity index (χ3n) is 2.53. The molecule has 3 heteroatoms. The highest BCUT2D eigenvalue weighted by Gasteiger charge is 2.02. The van der Waals surface area contributed by atoms with Crippen LogP contribution in [-0.2, 0) is 0 Å². The third kappa shape index (κ3) is 2.94. The van der Waals surface area contributed by atoms with Crippen LogP contribution < -0.4 is 15.2 Å². The van der Waals surface area contributed by atoms with Crippen molar-refractivity contribution in [2.75, 3.05) is 12.3 Å². The quantitative estimate of drug-likeness (QED) is 0.831. The fourth-order valence-electron chi connectivity index (χ4n) is 1.63. The molecule has 0 amide bonds. The van der Waals surface area contributed by atoms with Crippen molar-refractivity contribution in [2.24, 2.45) is 0 Å². The Balaban J connectivity index is 2.15. The summed E-state index contributed by atoms with van der Waals surface area (Å²) >= 11 is 0. The first kappa shape index (κ1) is 12.3. The van der Waals surface area contributed by atoms with Crippen LogP contribution in [0.15, 0.2) is 42.5 Å². The fraction of sp³-hybridized carbons (Fsp3) is 0.200. The van der Waals surface area contributed by atoms with Gasteiger partial charge in [0.1, 0.15) is 11.5 Å². The largest absolute Gasteiger partial charge is 0.494 e. The molecule has 0 fully saturated rings. The maximum atomic E-state index is 5.87. The number of nitrogen functional groups attached to an aromatic ring is 1. The highest BCUT2D eigenvalue weighted by atomic mass is 16.5. The summed E-state index contributed by atoms with van der Waals surface area (Å²) in [5.41, 5.74) is 7.61. The molecule has 0 heterocycles. The molecule has 0 saturated carbocycles. The number of nitrogens with two attached hydrogens (primary N) is 1. The van der Waals surface area contributed by atoms with Gasteiger partial charge in [-0.1, -0.05) is 6.07 Å². The molecule has 0 aromatic heterocycles. The molecule has 0 spiro atoms. The Morgan fingerprint density at radius 1 is 1.00 bits per heavy atom. The number of ether oxygens (including phenoxy) is 2. The van der Waals surface area contributed by atoms with Crippen LogP contribution in [-0.4, -0.2) is 6.61 Å². The molecule has 3 nitrogen and oxygen atoms in total. The summed E-state index contributed by atoms with van der Waals surface area (Å²) in [6.45, 7) is 4.62. The lowest BCUT2D eigenvalue weighted by atomic mass is 10.2. The van der Waals surface area contributed by atoms with Crippen LogP contribution in [0.2, 0.25) is 0 Å². The van der Waals surface area contributed by atoms with E-state index in [9.17, 15) is 0 Å². The molecule has 2 aromatic rings. The monoisotopic (exact) mass is 243 g/mol. The summed E-state index contributed by atoms with van der Waals surface area (Å²) in [6, 6.07) is 13.2. The summed E-state index contributed by atoms with van der Waals surface area (Å²) in [5, 5.41) is 0. The minimum Gasteiger partial charge on any atom is -0.494 e. The van der Waals surface area contributed by atoms with Crippen LogP contribution in [0, 0.1) is 6.92 Å². The standard InChI is InChI=1S/C15H17NO2/c1-3-17-12-5-7-13(8-6-12)18-15-10-11(2)4-9-14(15)16/h4-10H,3,16H2,1-2H3. The summed E-state index contributed by atoms with van der Waals surface area (Å²) in [4.78, 5) is 0. The van der Waals surface area contributed by atoms with Gasteiger partial charge in [-0.25, -0.2) is 0 Å². The zero-order valence-electron chi connectivity index (χ0n) is 10.6. The number of aryl methyl sites for hydroxylation is 1. The number of benzene rings is 2. The molecule has 2 aromatic carbocycles. The molecular weight excluding hydrogens is 226 g/mol. The van der Waals surface area contributed by atoms with Crippen molar-refractivity contribution >= 4 is 5.69 Å². The summed E-state index contributed by atoms with van der Waals surface area (Å²) in [7, 11) is 0. The number of hydrogen-bond acceptors (Lipinski definition) is 3. The minimum absolute atomic E-state index is 0.634. The van der Waals surface area contributed by atoms with Crippen molar-refractivity contribution < 1.29 is 9.47 Å². The highest BCUT2D eigenvalue weighted by Crippen LogP contribution is 2.29. The summed E-state index contributed by atoms with van der Waals surface area (Å²) in [5.74, 6) is 2.26. The first-order valence-electron chi connectivity index (χ1n) is 5.96. The molecule has 0 bridgehead atoms. The summed E-state index contributed by atoms with van der Waals surface area (Å²) < 4.78 is 11.1. The molecule has 2 rings (SSSR count). The Hall–Kier alpha value is -2.16. The van der Waals surface area contributed by atoms with Crippen molar-refractivity contribution in [3.8, 4) is 17.2 Å². The third-order valence-corrected chi connectivity index (χ3v) is 2.53. The lowest BCUT2D eigenvalue weighted by Crippen LogP contribution is -1.93. The van der Waals surface area contributed by atoms with E-state index in [4.69, 9.17) is 15.2 Å². The molecule has 0 aliphatic carbocycles. The average molecular weight is 243 g/mol. The van der Waals surface area contributed by atoms with E-state index < -0.39 is 0 Å². The van der Waals surface area contributed by atoms with E-state index in [1.165, 1.54) is 0 Å². The van der Waals surface area contributed by atoms with Gasteiger partial charge in [0, 0.05) is 0 Å². The SMILES string of the molecule is CCOc1ccc(Oc2cc(C)ccc2N)cc1. The van der Waals surface area contributed by atoms with Gasteiger partial charge in [0.2, 0.25) is 0 Å². The average Bonchev–Trinajstić information content (AvgIpc) is 2.37. The van der Waals surface area contributed by atoms with Gasteiger partial charge in [0.05, 0.1) is 12.3 Å². The van der Waals surface area contributed by atoms with Crippen molar-refractivity contribution in [2.45, 2.75) is 13.8 Å². The van der Waals surface area contributed by atoms with Gasteiger partial charge >= 0.3 is 0 Å². The van der Waals surface area contributed by atoms with E-state index >= 15 is 0 Å². The van der Waals surface area contributed by atoms with E-state index in [-0.39, 0.29) is 0 Å². The molecule has 94 valence electrons. The highest BCUT2D eigenvalue weighted by molar-refractivity contribution is 5.55. The van der Waals surface area contributed by atoms with E-state index in [1.54, 1.807) is 0 Å². The van der Waals surface area contributed by atoms with Crippen molar-refractivity contribution in [1.82, 2.24) is 0 Å². The topological polar surface area (TPSA) is 44.5 Å². The number of anilines is 1. The zero-order valence-corrected chi connectivity index (χ0v) is 10.6. The Morgan fingerprint density at radius 3 is 2.33 bits per heavy atom. The van der Waals surface area contributed by atoms with E-state index in [0.717, 1.165) is 17.1 Å². The van der Waals surface area contributed by atoms with Gasteiger partial charge in [-0.3, -0.25) is 0 Å². The lowest BCUT2D eigenvalue weighted by Gasteiger charge is -2.10. The number of hydrogen-bond donors (Lipinski definition) is 1. The Bertz CT molecular complexity index is 521. The van der Waals surface area contributed by atoms with E-state index in [2.05, 4.69) is 0 Å². The zero-order chi connectivity index (χ0) is 13.0. The molecule has 18 heavy (non-hydrogen) atoms. The molecular formula is C15H17NO2. The molecule has 0 unspecified atom stereocenters. The summed E-state index contributed by atoms with van der Waals surface area (Å²) in [6.07, 6.45) is 0. The minimum atomic E-state index is 0.634. The molecule has 2 N–H and O–H groups in total.